The number of hydrogen-bond acceptors (Lipinski definition) is 4. The van der Waals surface area contributed by atoms with Gasteiger partial charge in [-0.25, -0.2) is 4.39 Å². The van der Waals surface area contributed by atoms with E-state index >= 15 is 0 Å². The Labute approximate surface area is 150 Å². The number of halogens is 1. The molecule has 0 bridgehead atoms. The molecule has 0 aromatic heterocycles. The molecule has 2 aromatic carbocycles. The first-order valence-electron chi connectivity index (χ1n) is 8.34. The van der Waals surface area contributed by atoms with E-state index < -0.39 is 0 Å². The molecule has 0 radical (unpaired) electrons. The van der Waals surface area contributed by atoms with Crippen molar-refractivity contribution >= 4 is 23.1 Å². The van der Waals surface area contributed by atoms with E-state index in [0.29, 0.717) is 4.90 Å². The maximum Gasteiger partial charge on any atom is 0.269 e. The highest BCUT2D eigenvalue weighted by Gasteiger charge is 2.20. The third-order valence-electron chi connectivity index (χ3n) is 4.45. The highest BCUT2D eigenvalue weighted by Crippen LogP contribution is 2.21. The Balaban J connectivity index is 1.44. The maximum atomic E-state index is 13.6. The molecule has 0 saturated carbocycles. The van der Waals surface area contributed by atoms with Gasteiger partial charge < -0.3 is 9.80 Å². The van der Waals surface area contributed by atoms with E-state index in [9.17, 15) is 14.5 Å². The van der Waals surface area contributed by atoms with Gasteiger partial charge in [0.2, 0.25) is 0 Å². The standard InChI is InChI=1S/C18H20FN3O2S/c19-17-3-1-2-4-18(17)25-14-13-20-9-11-21(12-10-20)15-5-7-16(8-6-15)22(23)24/h1-8H,9-14H2/p+1. The number of benzene rings is 2. The lowest BCUT2D eigenvalue weighted by molar-refractivity contribution is -0.898. The van der Waals surface area contributed by atoms with Crippen LogP contribution in [0.1, 0.15) is 0 Å². The molecule has 0 unspecified atom stereocenters. The molecule has 25 heavy (non-hydrogen) atoms. The Morgan fingerprint density at radius 2 is 1.80 bits per heavy atom. The van der Waals surface area contributed by atoms with E-state index in [1.165, 1.54) is 11.0 Å². The Morgan fingerprint density at radius 1 is 1.12 bits per heavy atom. The van der Waals surface area contributed by atoms with Crippen LogP contribution in [0.4, 0.5) is 15.8 Å². The number of hydrogen-bond donors (Lipinski definition) is 1. The van der Waals surface area contributed by atoms with Crippen molar-refractivity contribution in [2.45, 2.75) is 4.90 Å². The number of anilines is 1. The molecule has 5 nitrogen and oxygen atoms in total. The Kier molecular flexibility index (Phi) is 5.88. The second-order valence-electron chi connectivity index (χ2n) is 6.04. The number of piperazine rings is 1. The van der Waals surface area contributed by atoms with Gasteiger partial charge in [-0.15, -0.1) is 11.8 Å². The minimum absolute atomic E-state index is 0.123. The number of nitro groups is 1. The van der Waals surface area contributed by atoms with Crippen molar-refractivity contribution in [3.8, 4) is 0 Å². The van der Waals surface area contributed by atoms with Crippen LogP contribution in [-0.2, 0) is 0 Å². The molecular formula is C18H21FN3O2S+. The third-order valence-corrected chi connectivity index (χ3v) is 5.50. The summed E-state index contributed by atoms with van der Waals surface area (Å²) in [6.45, 7) is 4.91. The van der Waals surface area contributed by atoms with Gasteiger partial charge in [0.25, 0.3) is 5.69 Å². The topological polar surface area (TPSA) is 50.8 Å². The van der Waals surface area contributed by atoms with Crippen molar-refractivity contribution in [3.63, 3.8) is 0 Å². The first-order valence-corrected chi connectivity index (χ1v) is 9.32. The van der Waals surface area contributed by atoms with E-state index in [1.54, 1.807) is 30.0 Å². The van der Waals surface area contributed by atoms with Crippen LogP contribution >= 0.6 is 11.8 Å². The first-order chi connectivity index (χ1) is 12.1. The number of thioether (sulfide) groups is 1. The fourth-order valence-electron chi connectivity index (χ4n) is 2.98. The van der Waals surface area contributed by atoms with Crippen molar-refractivity contribution < 1.29 is 14.2 Å². The maximum absolute atomic E-state index is 13.6. The summed E-state index contributed by atoms with van der Waals surface area (Å²) in [6, 6.07) is 13.6. The lowest BCUT2D eigenvalue weighted by Crippen LogP contribution is -3.15. The fraction of sp³-hybridized carbons (Fsp3) is 0.333. The van der Waals surface area contributed by atoms with E-state index in [1.807, 2.05) is 24.3 Å². The molecule has 0 spiro atoms. The van der Waals surface area contributed by atoms with Gasteiger partial charge in [-0.3, -0.25) is 10.1 Å². The number of rotatable bonds is 6. The van der Waals surface area contributed by atoms with Crippen LogP contribution in [0.15, 0.2) is 53.4 Å². The molecule has 7 heteroatoms. The molecule has 0 aliphatic carbocycles. The van der Waals surface area contributed by atoms with Crippen molar-refractivity contribution in [3.05, 3.63) is 64.5 Å². The average Bonchev–Trinajstić information content (AvgIpc) is 2.64. The van der Waals surface area contributed by atoms with Crippen LogP contribution in [0.25, 0.3) is 0 Å². The molecule has 2 aromatic rings. The largest absolute Gasteiger partial charge is 0.360 e. The Bertz CT molecular complexity index is 719. The molecule has 0 amide bonds. The smallest absolute Gasteiger partial charge is 0.269 e. The van der Waals surface area contributed by atoms with Gasteiger partial charge in [0.1, 0.15) is 5.82 Å². The summed E-state index contributed by atoms with van der Waals surface area (Å²) >= 11 is 1.57. The van der Waals surface area contributed by atoms with Crippen molar-refractivity contribution in [1.82, 2.24) is 0 Å². The fourth-order valence-corrected chi connectivity index (χ4v) is 3.97. The molecule has 3 rings (SSSR count). The second kappa shape index (κ2) is 8.31. The third kappa shape index (κ3) is 4.70. The molecular weight excluding hydrogens is 341 g/mol. The number of nitrogens with one attached hydrogen (secondary N) is 1. The molecule has 1 saturated heterocycles. The molecule has 1 aliphatic heterocycles. The van der Waals surface area contributed by atoms with Gasteiger partial charge >= 0.3 is 0 Å². The van der Waals surface area contributed by atoms with Gasteiger partial charge in [-0.05, 0) is 24.3 Å². The van der Waals surface area contributed by atoms with Crippen LogP contribution in [0, 0.1) is 15.9 Å². The van der Waals surface area contributed by atoms with E-state index in [2.05, 4.69) is 4.90 Å². The number of nitro benzene ring substituents is 1. The summed E-state index contributed by atoms with van der Waals surface area (Å²) < 4.78 is 13.6. The van der Waals surface area contributed by atoms with Crippen molar-refractivity contribution in [1.29, 1.82) is 0 Å². The molecule has 1 aliphatic rings. The van der Waals surface area contributed by atoms with Crippen LogP contribution in [-0.4, -0.2) is 43.4 Å². The second-order valence-corrected chi connectivity index (χ2v) is 7.18. The monoisotopic (exact) mass is 362 g/mol. The minimum Gasteiger partial charge on any atom is -0.360 e. The quantitative estimate of drug-likeness (QED) is 0.486. The van der Waals surface area contributed by atoms with Crippen LogP contribution in [0.3, 0.4) is 0 Å². The van der Waals surface area contributed by atoms with Gasteiger partial charge in [0.15, 0.2) is 0 Å². The zero-order valence-electron chi connectivity index (χ0n) is 13.9. The summed E-state index contributed by atoms with van der Waals surface area (Å²) in [4.78, 5) is 14.8. The molecule has 132 valence electrons. The van der Waals surface area contributed by atoms with Crippen molar-refractivity contribution in [2.24, 2.45) is 0 Å². The zero-order valence-corrected chi connectivity index (χ0v) is 14.7. The molecule has 0 atom stereocenters. The van der Waals surface area contributed by atoms with Crippen LogP contribution in [0.2, 0.25) is 0 Å². The average molecular weight is 362 g/mol. The number of non-ortho nitro benzene ring substituents is 1. The van der Waals surface area contributed by atoms with E-state index in [4.69, 9.17) is 0 Å². The van der Waals surface area contributed by atoms with Crippen LogP contribution < -0.4 is 9.80 Å². The predicted molar refractivity (Wildman–Crippen MR) is 98.0 cm³/mol. The summed E-state index contributed by atoms with van der Waals surface area (Å²) in [7, 11) is 0. The molecule has 1 fully saturated rings. The van der Waals surface area contributed by atoms with E-state index in [-0.39, 0.29) is 16.4 Å². The zero-order chi connectivity index (χ0) is 17.6. The summed E-state index contributed by atoms with van der Waals surface area (Å²) in [5.41, 5.74) is 1.16. The van der Waals surface area contributed by atoms with Gasteiger partial charge in [-0.1, -0.05) is 12.1 Å². The first kappa shape index (κ1) is 17.7. The minimum atomic E-state index is -0.376. The SMILES string of the molecule is O=[N+]([O-])c1ccc(N2CC[NH+](CCSc3ccccc3F)CC2)cc1. The Hall–Kier alpha value is -2.12. The van der Waals surface area contributed by atoms with Gasteiger partial charge in [0.05, 0.1) is 37.6 Å². The number of quaternary nitrogens is 1. The van der Waals surface area contributed by atoms with Crippen molar-refractivity contribution in [2.75, 3.05) is 43.4 Å². The van der Waals surface area contributed by atoms with Gasteiger partial charge in [-0.2, -0.15) is 0 Å². The lowest BCUT2D eigenvalue weighted by atomic mass is 10.2. The lowest BCUT2D eigenvalue weighted by Gasteiger charge is -2.33. The van der Waals surface area contributed by atoms with E-state index in [0.717, 1.165) is 44.2 Å². The molecule has 1 N–H and O–H groups in total. The summed E-state index contributed by atoms with van der Waals surface area (Å²) in [5.74, 6) is 0.749. The highest BCUT2D eigenvalue weighted by molar-refractivity contribution is 7.99. The predicted octanol–water partition coefficient (Wildman–Crippen LogP) is 2.23. The highest BCUT2D eigenvalue weighted by atomic mass is 32.2. The summed E-state index contributed by atoms with van der Waals surface area (Å²) in [5, 5.41) is 10.7. The Morgan fingerprint density at radius 3 is 2.44 bits per heavy atom. The normalized spacial score (nSPS) is 15.3. The molecule has 1 heterocycles. The summed E-state index contributed by atoms with van der Waals surface area (Å²) in [6.07, 6.45) is 0. The van der Waals surface area contributed by atoms with Crippen LogP contribution in [0.5, 0.6) is 0 Å². The van der Waals surface area contributed by atoms with Gasteiger partial charge in [0, 0.05) is 28.5 Å². The number of nitrogens with zero attached hydrogens (tertiary/aromatic N) is 2.